The van der Waals surface area contributed by atoms with Gasteiger partial charge in [0.25, 0.3) is 5.91 Å². The van der Waals surface area contributed by atoms with E-state index in [0.717, 1.165) is 55.3 Å². The van der Waals surface area contributed by atoms with E-state index < -0.39 is 0 Å². The molecule has 0 radical (unpaired) electrons. The minimum atomic E-state index is 0.189. The van der Waals surface area contributed by atoms with Gasteiger partial charge in [0.05, 0.1) is 5.56 Å². The number of rotatable bonds is 4. The lowest BCUT2D eigenvalue weighted by atomic mass is 9.94. The van der Waals surface area contributed by atoms with E-state index >= 15 is 0 Å². The van der Waals surface area contributed by atoms with E-state index in [0.29, 0.717) is 5.92 Å². The van der Waals surface area contributed by atoms with Crippen LogP contribution in [-0.2, 0) is 6.54 Å². The molecule has 2 fully saturated rings. The number of hydrogen-bond donors (Lipinski definition) is 1. The first kappa shape index (κ1) is 15.5. The van der Waals surface area contributed by atoms with Gasteiger partial charge in [-0.1, -0.05) is 0 Å². The molecule has 0 spiro atoms. The number of aryl methyl sites for hydroxylation is 1. The van der Waals surface area contributed by atoms with Crippen molar-refractivity contribution in [3.8, 4) is 0 Å². The van der Waals surface area contributed by atoms with Crippen LogP contribution in [0, 0.1) is 19.8 Å². The summed E-state index contributed by atoms with van der Waals surface area (Å²) in [7, 11) is 0. The number of hydrogen-bond acceptors (Lipinski definition) is 2. The number of aromatic amines is 1. The summed E-state index contributed by atoms with van der Waals surface area (Å²) in [5.41, 5.74) is 4.38. The molecule has 5 heteroatoms. The highest BCUT2D eigenvalue weighted by molar-refractivity contribution is 5.95. The van der Waals surface area contributed by atoms with Gasteiger partial charge in [0, 0.05) is 48.8 Å². The Morgan fingerprint density at radius 2 is 2.17 bits per heavy atom. The van der Waals surface area contributed by atoms with Crippen LogP contribution in [0.1, 0.15) is 59.0 Å². The maximum atomic E-state index is 13.1. The number of aromatic nitrogens is 3. The Bertz CT molecular complexity index is 727. The molecule has 0 bridgehead atoms. The molecule has 5 nitrogen and oxygen atoms in total. The molecule has 2 aromatic heterocycles. The number of likely N-dealkylation sites (tertiary alicyclic amines) is 1. The largest absolute Gasteiger partial charge is 0.348 e. The summed E-state index contributed by atoms with van der Waals surface area (Å²) in [6.45, 7) is 6.93. The standard InChI is InChI=1S/C19H26N4O/c1-13-10-17(14(2)23(13)11-15-5-6-15)19(24)22-9-3-4-16(12-22)18-7-8-20-21-18/h7-8,10,15-16H,3-6,9,11-12H2,1-2H3,(H,20,21)/t16-/m1/s1. The zero-order chi connectivity index (χ0) is 16.7. The van der Waals surface area contributed by atoms with Crippen molar-refractivity contribution < 1.29 is 4.79 Å². The minimum absolute atomic E-state index is 0.189. The summed E-state index contributed by atoms with van der Waals surface area (Å²) < 4.78 is 2.33. The van der Waals surface area contributed by atoms with Crippen LogP contribution in [0.3, 0.4) is 0 Å². The van der Waals surface area contributed by atoms with Gasteiger partial charge in [-0.2, -0.15) is 5.10 Å². The van der Waals surface area contributed by atoms with Gasteiger partial charge in [-0.25, -0.2) is 0 Å². The summed E-state index contributed by atoms with van der Waals surface area (Å²) >= 11 is 0. The van der Waals surface area contributed by atoms with Gasteiger partial charge in [-0.05, 0) is 57.6 Å². The molecule has 1 atom stereocenters. The Labute approximate surface area is 143 Å². The normalized spacial score (nSPS) is 21.2. The molecule has 1 aliphatic carbocycles. The predicted octanol–water partition coefficient (Wildman–Crippen LogP) is 3.26. The van der Waals surface area contributed by atoms with Crippen LogP contribution in [0.5, 0.6) is 0 Å². The molecule has 24 heavy (non-hydrogen) atoms. The number of nitrogens with one attached hydrogen (secondary N) is 1. The second kappa shape index (κ2) is 6.11. The highest BCUT2D eigenvalue weighted by Gasteiger charge is 2.29. The molecule has 1 N–H and O–H groups in total. The highest BCUT2D eigenvalue weighted by atomic mass is 16.2. The van der Waals surface area contributed by atoms with E-state index in [1.807, 2.05) is 11.0 Å². The van der Waals surface area contributed by atoms with Crippen molar-refractivity contribution >= 4 is 5.91 Å². The fourth-order valence-corrected chi connectivity index (χ4v) is 3.94. The van der Waals surface area contributed by atoms with E-state index in [9.17, 15) is 4.79 Å². The van der Waals surface area contributed by atoms with Crippen LogP contribution >= 0.6 is 0 Å². The Morgan fingerprint density at radius 3 is 2.88 bits per heavy atom. The average molecular weight is 326 g/mol. The Hall–Kier alpha value is -2.04. The third-order valence-electron chi connectivity index (χ3n) is 5.61. The summed E-state index contributed by atoms with van der Waals surface area (Å²) in [4.78, 5) is 15.1. The van der Waals surface area contributed by atoms with Crippen molar-refractivity contribution in [2.24, 2.45) is 5.92 Å². The summed E-state index contributed by atoms with van der Waals surface area (Å²) in [6, 6.07) is 4.11. The van der Waals surface area contributed by atoms with Crippen LogP contribution in [-0.4, -0.2) is 38.7 Å². The van der Waals surface area contributed by atoms with Gasteiger partial charge >= 0.3 is 0 Å². The molecular formula is C19H26N4O. The Morgan fingerprint density at radius 1 is 1.33 bits per heavy atom. The quantitative estimate of drug-likeness (QED) is 0.937. The molecule has 0 aromatic carbocycles. The van der Waals surface area contributed by atoms with Crippen molar-refractivity contribution in [3.63, 3.8) is 0 Å². The van der Waals surface area contributed by atoms with Gasteiger partial charge in [0.2, 0.25) is 0 Å². The fraction of sp³-hybridized carbons (Fsp3) is 0.579. The summed E-state index contributed by atoms with van der Waals surface area (Å²) in [6.07, 6.45) is 6.63. The topological polar surface area (TPSA) is 53.9 Å². The van der Waals surface area contributed by atoms with Gasteiger partial charge in [0.1, 0.15) is 0 Å². The second-order valence-electron chi connectivity index (χ2n) is 7.44. The maximum Gasteiger partial charge on any atom is 0.255 e. The van der Waals surface area contributed by atoms with Crippen molar-refractivity contribution in [1.29, 1.82) is 0 Å². The van der Waals surface area contributed by atoms with Crippen LogP contribution in [0.15, 0.2) is 18.3 Å². The first-order valence-corrected chi connectivity index (χ1v) is 9.08. The third-order valence-corrected chi connectivity index (χ3v) is 5.61. The summed E-state index contributed by atoms with van der Waals surface area (Å²) in [5.74, 6) is 1.38. The van der Waals surface area contributed by atoms with E-state index in [2.05, 4.69) is 34.7 Å². The predicted molar refractivity (Wildman–Crippen MR) is 93.1 cm³/mol. The van der Waals surface area contributed by atoms with Crippen LogP contribution < -0.4 is 0 Å². The first-order chi connectivity index (χ1) is 11.6. The van der Waals surface area contributed by atoms with Gasteiger partial charge in [0.15, 0.2) is 0 Å². The van der Waals surface area contributed by atoms with Crippen molar-refractivity contribution in [2.45, 2.75) is 52.0 Å². The smallest absolute Gasteiger partial charge is 0.255 e. The fourth-order valence-electron chi connectivity index (χ4n) is 3.94. The van der Waals surface area contributed by atoms with Crippen LogP contribution in [0.25, 0.3) is 0 Å². The van der Waals surface area contributed by atoms with Gasteiger partial charge < -0.3 is 9.47 Å². The highest BCUT2D eigenvalue weighted by Crippen LogP contribution is 2.33. The zero-order valence-electron chi connectivity index (χ0n) is 14.6. The molecule has 1 aliphatic heterocycles. The van der Waals surface area contributed by atoms with E-state index in [-0.39, 0.29) is 5.91 Å². The number of carbonyl (C=O) groups excluding carboxylic acids is 1. The Kier molecular flexibility index (Phi) is 3.94. The molecule has 2 aliphatic rings. The Balaban J connectivity index is 1.52. The number of piperidine rings is 1. The molecule has 128 valence electrons. The summed E-state index contributed by atoms with van der Waals surface area (Å²) in [5, 5.41) is 7.12. The molecule has 2 aromatic rings. The SMILES string of the molecule is Cc1cc(C(=O)N2CCC[C@@H](c3ccn[nH]3)C2)c(C)n1CC1CC1. The number of nitrogens with zero attached hydrogens (tertiary/aromatic N) is 3. The molecule has 1 saturated heterocycles. The molecule has 1 saturated carbocycles. The van der Waals surface area contributed by atoms with E-state index in [1.54, 1.807) is 6.20 Å². The van der Waals surface area contributed by atoms with E-state index in [4.69, 9.17) is 0 Å². The average Bonchev–Trinajstić information content (AvgIpc) is 3.16. The molecule has 3 heterocycles. The lowest BCUT2D eigenvalue weighted by Crippen LogP contribution is -2.39. The molecule has 1 amide bonds. The third kappa shape index (κ3) is 2.87. The van der Waals surface area contributed by atoms with Gasteiger partial charge in [-0.15, -0.1) is 0 Å². The lowest BCUT2D eigenvalue weighted by molar-refractivity contribution is 0.0705. The number of H-pyrrole nitrogens is 1. The van der Waals surface area contributed by atoms with Crippen molar-refractivity contribution in [1.82, 2.24) is 19.7 Å². The van der Waals surface area contributed by atoms with Gasteiger partial charge in [-0.3, -0.25) is 9.89 Å². The molecule has 4 rings (SSSR count). The number of amides is 1. The lowest BCUT2D eigenvalue weighted by Gasteiger charge is -2.32. The minimum Gasteiger partial charge on any atom is -0.348 e. The van der Waals surface area contributed by atoms with E-state index in [1.165, 1.54) is 18.5 Å². The number of carbonyl (C=O) groups is 1. The first-order valence-electron chi connectivity index (χ1n) is 9.08. The van der Waals surface area contributed by atoms with Crippen molar-refractivity contribution in [3.05, 3.63) is 41.0 Å². The zero-order valence-corrected chi connectivity index (χ0v) is 14.6. The van der Waals surface area contributed by atoms with Crippen LogP contribution in [0.2, 0.25) is 0 Å². The molecule has 0 unspecified atom stereocenters. The van der Waals surface area contributed by atoms with Crippen molar-refractivity contribution in [2.75, 3.05) is 13.1 Å². The molecular weight excluding hydrogens is 300 g/mol. The van der Waals surface area contributed by atoms with Crippen LogP contribution in [0.4, 0.5) is 0 Å². The monoisotopic (exact) mass is 326 g/mol. The maximum absolute atomic E-state index is 13.1. The second-order valence-corrected chi connectivity index (χ2v) is 7.44.